The zero-order valence-corrected chi connectivity index (χ0v) is 23.1. The van der Waals surface area contributed by atoms with Crippen LogP contribution in [0.4, 0.5) is 5.69 Å². The molecule has 0 aliphatic rings. The van der Waals surface area contributed by atoms with Gasteiger partial charge >= 0.3 is 0 Å². The molecule has 0 saturated heterocycles. The first-order valence-corrected chi connectivity index (χ1v) is 14.0. The number of benzene rings is 3. The molecule has 9 heteroatoms. The van der Waals surface area contributed by atoms with Crippen molar-refractivity contribution in [1.29, 1.82) is 0 Å². The van der Waals surface area contributed by atoms with E-state index in [-0.39, 0.29) is 17.3 Å². The molecule has 0 aliphatic carbocycles. The van der Waals surface area contributed by atoms with Crippen LogP contribution in [0.3, 0.4) is 0 Å². The molecule has 0 unspecified atom stereocenters. The highest BCUT2D eigenvalue weighted by Gasteiger charge is 2.33. The van der Waals surface area contributed by atoms with E-state index in [1.54, 1.807) is 42.5 Å². The van der Waals surface area contributed by atoms with Crippen molar-refractivity contribution in [3.8, 4) is 5.75 Å². The molecular weight excluding hydrogens is 502 g/mol. The molecule has 0 heterocycles. The number of anilines is 1. The van der Waals surface area contributed by atoms with Crippen LogP contribution in [0.1, 0.15) is 31.4 Å². The minimum absolute atomic E-state index is 0.0289. The Bertz CT molecular complexity index is 1330. The summed E-state index contributed by atoms with van der Waals surface area (Å²) in [6, 6.07) is 21.5. The third kappa shape index (κ3) is 6.92. The van der Waals surface area contributed by atoms with Crippen LogP contribution in [0.2, 0.25) is 0 Å². The van der Waals surface area contributed by atoms with Gasteiger partial charge in [-0.2, -0.15) is 0 Å². The average Bonchev–Trinajstić information content (AvgIpc) is 2.92. The topological polar surface area (TPSA) is 96.0 Å². The standard InChI is InChI=1S/C29H35N3O5S/c1-5-27(29(34)30-4)31(20-23-12-10-11-22(3)19-23)28(33)21-32(24-13-8-7-9-14-24)38(35,36)26-17-15-25(16-18-26)37-6-2/h7-19,27H,5-6,20-21H2,1-4H3,(H,30,34)/t27-/m1/s1. The summed E-state index contributed by atoms with van der Waals surface area (Å²) >= 11 is 0. The Morgan fingerprint density at radius 2 is 1.63 bits per heavy atom. The number of nitrogens with zero attached hydrogens (tertiary/aromatic N) is 2. The first-order chi connectivity index (χ1) is 18.2. The lowest BCUT2D eigenvalue weighted by Gasteiger charge is -2.33. The van der Waals surface area contributed by atoms with Gasteiger partial charge in [-0.3, -0.25) is 13.9 Å². The zero-order chi connectivity index (χ0) is 27.7. The average molecular weight is 538 g/mol. The number of hydrogen-bond donors (Lipinski definition) is 1. The van der Waals surface area contributed by atoms with Crippen molar-refractivity contribution in [1.82, 2.24) is 10.2 Å². The maximum atomic E-state index is 13.9. The van der Waals surface area contributed by atoms with Gasteiger partial charge in [-0.05, 0) is 62.2 Å². The summed E-state index contributed by atoms with van der Waals surface area (Å²) in [7, 11) is -2.60. The monoisotopic (exact) mass is 537 g/mol. The van der Waals surface area contributed by atoms with Gasteiger partial charge < -0.3 is 15.0 Å². The molecule has 0 aliphatic heterocycles. The minimum atomic E-state index is -4.12. The molecule has 0 aromatic heterocycles. The van der Waals surface area contributed by atoms with Crippen LogP contribution in [0.5, 0.6) is 5.75 Å². The summed E-state index contributed by atoms with van der Waals surface area (Å²) in [5, 5.41) is 2.63. The van der Waals surface area contributed by atoms with Crippen LogP contribution in [-0.2, 0) is 26.2 Å². The highest BCUT2D eigenvalue weighted by Crippen LogP contribution is 2.26. The number of hydrogen-bond acceptors (Lipinski definition) is 5. The summed E-state index contributed by atoms with van der Waals surface area (Å²) in [6.07, 6.45) is 0.369. The lowest BCUT2D eigenvalue weighted by atomic mass is 10.1. The van der Waals surface area contributed by atoms with Crippen molar-refractivity contribution >= 4 is 27.5 Å². The highest BCUT2D eigenvalue weighted by molar-refractivity contribution is 7.92. The fraction of sp³-hybridized carbons (Fsp3) is 0.310. The Balaban J connectivity index is 2.02. The molecule has 0 bridgehead atoms. The minimum Gasteiger partial charge on any atom is -0.494 e. The normalized spacial score (nSPS) is 11.9. The number of aryl methyl sites for hydroxylation is 1. The van der Waals surface area contributed by atoms with Gasteiger partial charge in [0, 0.05) is 13.6 Å². The van der Waals surface area contributed by atoms with E-state index in [4.69, 9.17) is 4.74 Å². The molecule has 1 N–H and O–H groups in total. The number of carbonyl (C=O) groups is 2. The van der Waals surface area contributed by atoms with E-state index in [0.717, 1.165) is 15.4 Å². The Hall–Kier alpha value is -3.85. The van der Waals surface area contributed by atoms with Gasteiger partial charge in [0.25, 0.3) is 10.0 Å². The Morgan fingerprint density at radius 3 is 2.21 bits per heavy atom. The van der Waals surface area contributed by atoms with Crippen LogP contribution in [0.25, 0.3) is 0 Å². The molecule has 1 atom stereocenters. The molecule has 0 spiro atoms. The molecule has 8 nitrogen and oxygen atoms in total. The zero-order valence-electron chi connectivity index (χ0n) is 22.3. The number of para-hydroxylation sites is 1. The first-order valence-electron chi connectivity index (χ1n) is 12.6. The number of carbonyl (C=O) groups excluding carboxylic acids is 2. The van der Waals surface area contributed by atoms with Gasteiger partial charge in [0.1, 0.15) is 18.3 Å². The summed E-state index contributed by atoms with van der Waals surface area (Å²) in [5.74, 6) is -0.246. The van der Waals surface area contributed by atoms with Gasteiger partial charge in [-0.1, -0.05) is 55.0 Å². The third-order valence-electron chi connectivity index (χ3n) is 6.11. The fourth-order valence-electron chi connectivity index (χ4n) is 4.22. The number of amides is 2. The molecule has 0 saturated carbocycles. The van der Waals surface area contributed by atoms with E-state index >= 15 is 0 Å². The molecule has 202 valence electrons. The maximum Gasteiger partial charge on any atom is 0.264 e. The summed E-state index contributed by atoms with van der Waals surface area (Å²) < 4.78 is 34.2. The molecular formula is C29H35N3O5S. The SMILES string of the molecule is CCOc1ccc(S(=O)(=O)N(CC(=O)N(Cc2cccc(C)c2)[C@H](CC)C(=O)NC)c2ccccc2)cc1. The summed E-state index contributed by atoms with van der Waals surface area (Å²) in [6.45, 7) is 5.76. The van der Waals surface area contributed by atoms with Crippen molar-refractivity contribution in [2.45, 2.75) is 44.7 Å². The van der Waals surface area contributed by atoms with Crippen molar-refractivity contribution in [2.24, 2.45) is 0 Å². The number of likely N-dealkylation sites (N-methyl/N-ethyl adjacent to an activating group) is 1. The number of sulfonamides is 1. The molecule has 0 radical (unpaired) electrons. The second-order valence-electron chi connectivity index (χ2n) is 8.80. The lowest BCUT2D eigenvalue weighted by Crippen LogP contribution is -2.51. The van der Waals surface area contributed by atoms with E-state index in [1.807, 2.05) is 45.0 Å². The van der Waals surface area contributed by atoms with Crippen molar-refractivity contribution in [3.63, 3.8) is 0 Å². The Labute approximate surface area is 225 Å². The summed E-state index contributed by atoms with van der Waals surface area (Å²) in [5.41, 5.74) is 2.21. The predicted octanol–water partition coefficient (Wildman–Crippen LogP) is 4.14. The van der Waals surface area contributed by atoms with Crippen LogP contribution >= 0.6 is 0 Å². The van der Waals surface area contributed by atoms with Crippen LogP contribution in [0, 0.1) is 6.92 Å². The third-order valence-corrected chi connectivity index (χ3v) is 7.90. The number of nitrogens with one attached hydrogen (secondary N) is 1. The highest BCUT2D eigenvalue weighted by atomic mass is 32.2. The van der Waals surface area contributed by atoms with Gasteiger partial charge in [-0.15, -0.1) is 0 Å². The smallest absolute Gasteiger partial charge is 0.264 e. The quantitative estimate of drug-likeness (QED) is 0.375. The van der Waals surface area contributed by atoms with Gasteiger partial charge in [-0.25, -0.2) is 8.42 Å². The van der Waals surface area contributed by atoms with Crippen LogP contribution < -0.4 is 14.4 Å². The molecule has 0 fully saturated rings. The van der Waals surface area contributed by atoms with Crippen molar-refractivity contribution < 1.29 is 22.7 Å². The van der Waals surface area contributed by atoms with E-state index < -0.39 is 28.5 Å². The van der Waals surface area contributed by atoms with E-state index in [1.165, 1.54) is 24.1 Å². The van der Waals surface area contributed by atoms with Crippen molar-refractivity contribution in [3.05, 3.63) is 90.0 Å². The Morgan fingerprint density at radius 1 is 0.947 bits per heavy atom. The summed E-state index contributed by atoms with van der Waals surface area (Å²) in [4.78, 5) is 28.1. The fourth-order valence-corrected chi connectivity index (χ4v) is 5.63. The molecule has 3 rings (SSSR count). The largest absolute Gasteiger partial charge is 0.494 e. The molecule has 2 amide bonds. The lowest BCUT2D eigenvalue weighted by molar-refractivity contribution is -0.140. The van der Waals surface area contributed by atoms with E-state index in [9.17, 15) is 18.0 Å². The van der Waals surface area contributed by atoms with Crippen LogP contribution in [0.15, 0.2) is 83.8 Å². The molecule has 3 aromatic rings. The number of rotatable bonds is 12. The first kappa shape index (κ1) is 28.7. The second kappa shape index (κ2) is 13.1. The van der Waals surface area contributed by atoms with Gasteiger partial charge in [0.15, 0.2) is 0 Å². The maximum absolute atomic E-state index is 13.9. The number of ether oxygens (including phenoxy) is 1. The Kier molecular flexibility index (Phi) is 9.90. The van der Waals surface area contributed by atoms with Gasteiger partial charge in [0.2, 0.25) is 11.8 Å². The molecule has 3 aromatic carbocycles. The van der Waals surface area contributed by atoms with E-state index in [0.29, 0.717) is 24.5 Å². The van der Waals surface area contributed by atoms with Crippen LogP contribution in [-0.4, -0.2) is 51.4 Å². The van der Waals surface area contributed by atoms with Crippen molar-refractivity contribution in [2.75, 3.05) is 24.5 Å². The second-order valence-corrected chi connectivity index (χ2v) is 10.7. The molecule has 38 heavy (non-hydrogen) atoms. The predicted molar refractivity (Wildman–Crippen MR) is 148 cm³/mol. The van der Waals surface area contributed by atoms with E-state index in [2.05, 4.69) is 5.32 Å². The van der Waals surface area contributed by atoms with Gasteiger partial charge in [0.05, 0.1) is 17.2 Å².